The zero-order chi connectivity index (χ0) is 13.3. The summed E-state index contributed by atoms with van der Waals surface area (Å²) in [6, 6.07) is -0.0256. The lowest BCUT2D eigenvalue weighted by atomic mass is 9.97. The van der Waals surface area contributed by atoms with Crippen LogP contribution in [-0.2, 0) is 9.57 Å². The van der Waals surface area contributed by atoms with E-state index < -0.39 is 11.2 Å². The van der Waals surface area contributed by atoms with E-state index in [0.717, 1.165) is 12.8 Å². The molecule has 5 heteroatoms. The predicted octanol–water partition coefficient (Wildman–Crippen LogP) is 2.05. The highest BCUT2D eigenvalue weighted by molar-refractivity contribution is 5.69. The SMILES string of the molecule is CC(C)(C)OC(=O)N1CCCC1C(C)(C)ON. The van der Waals surface area contributed by atoms with Gasteiger partial charge in [0, 0.05) is 6.54 Å². The average Bonchev–Trinajstić information content (AvgIpc) is 2.63. The molecule has 0 aromatic heterocycles. The second kappa shape index (κ2) is 4.82. The van der Waals surface area contributed by atoms with Crippen molar-refractivity contribution in [3.63, 3.8) is 0 Å². The highest BCUT2D eigenvalue weighted by Crippen LogP contribution is 2.29. The fourth-order valence-electron chi connectivity index (χ4n) is 2.11. The monoisotopic (exact) mass is 244 g/mol. The molecule has 0 aromatic carbocycles. The molecule has 1 amide bonds. The van der Waals surface area contributed by atoms with Gasteiger partial charge in [-0.3, -0.25) is 4.84 Å². The van der Waals surface area contributed by atoms with Crippen LogP contribution >= 0.6 is 0 Å². The van der Waals surface area contributed by atoms with Gasteiger partial charge in [-0.05, 0) is 47.5 Å². The Morgan fingerprint density at radius 1 is 1.29 bits per heavy atom. The van der Waals surface area contributed by atoms with Crippen LogP contribution in [0.4, 0.5) is 4.79 Å². The fourth-order valence-corrected chi connectivity index (χ4v) is 2.11. The zero-order valence-corrected chi connectivity index (χ0v) is 11.4. The van der Waals surface area contributed by atoms with Crippen LogP contribution in [0.5, 0.6) is 0 Å². The number of rotatable bonds is 2. The maximum Gasteiger partial charge on any atom is 0.410 e. The largest absolute Gasteiger partial charge is 0.444 e. The van der Waals surface area contributed by atoms with Gasteiger partial charge in [0.1, 0.15) is 11.2 Å². The summed E-state index contributed by atoms with van der Waals surface area (Å²) in [4.78, 5) is 18.7. The number of hydrogen-bond donors (Lipinski definition) is 1. The van der Waals surface area contributed by atoms with Crippen LogP contribution < -0.4 is 5.90 Å². The summed E-state index contributed by atoms with van der Waals surface area (Å²) in [6.07, 6.45) is 1.56. The Balaban J connectivity index is 2.73. The van der Waals surface area contributed by atoms with Crippen molar-refractivity contribution in [3.05, 3.63) is 0 Å². The molecule has 1 aliphatic rings. The summed E-state index contributed by atoms with van der Waals surface area (Å²) in [7, 11) is 0. The summed E-state index contributed by atoms with van der Waals surface area (Å²) < 4.78 is 5.38. The Bertz CT molecular complexity index is 284. The van der Waals surface area contributed by atoms with E-state index in [2.05, 4.69) is 0 Å². The van der Waals surface area contributed by atoms with Crippen molar-refractivity contribution in [2.45, 2.75) is 64.7 Å². The quantitative estimate of drug-likeness (QED) is 0.755. The van der Waals surface area contributed by atoms with Gasteiger partial charge in [0.2, 0.25) is 0 Å². The van der Waals surface area contributed by atoms with E-state index in [1.165, 1.54) is 0 Å². The molecule has 17 heavy (non-hydrogen) atoms. The molecule has 1 aliphatic heterocycles. The van der Waals surface area contributed by atoms with Crippen molar-refractivity contribution in [3.8, 4) is 0 Å². The molecule has 0 aliphatic carbocycles. The van der Waals surface area contributed by atoms with Crippen LogP contribution in [-0.4, -0.2) is 34.8 Å². The van der Waals surface area contributed by atoms with E-state index in [-0.39, 0.29) is 12.1 Å². The lowest BCUT2D eigenvalue weighted by molar-refractivity contribution is -0.0737. The third-order valence-corrected chi connectivity index (χ3v) is 2.99. The number of carbonyl (C=O) groups is 1. The number of likely N-dealkylation sites (tertiary alicyclic amines) is 1. The average molecular weight is 244 g/mol. The third kappa shape index (κ3) is 3.57. The number of amides is 1. The topological polar surface area (TPSA) is 64.8 Å². The molecule has 5 nitrogen and oxygen atoms in total. The van der Waals surface area contributed by atoms with E-state index in [0.29, 0.717) is 6.54 Å². The van der Waals surface area contributed by atoms with Gasteiger partial charge in [0.15, 0.2) is 0 Å². The van der Waals surface area contributed by atoms with Crippen LogP contribution in [0, 0.1) is 0 Å². The van der Waals surface area contributed by atoms with Gasteiger partial charge in [0.25, 0.3) is 0 Å². The number of hydrogen-bond acceptors (Lipinski definition) is 4. The summed E-state index contributed by atoms with van der Waals surface area (Å²) in [6.45, 7) is 10.1. The second-order valence-corrected chi connectivity index (χ2v) is 6.05. The lowest BCUT2D eigenvalue weighted by Crippen LogP contribution is -2.51. The summed E-state index contributed by atoms with van der Waals surface area (Å²) in [5.74, 6) is 5.30. The predicted molar refractivity (Wildman–Crippen MR) is 65.3 cm³/mol. The van der Waals surface area contributed by atoms with Crippen LogP contribution in [0.1, 0.15) is 47.5 Å². The van der Waals surface area contributed by atoms with Crippen molar-refractivity contribution < 1.29 is 14.4 Å². The maximum atomic E-state index is 12.0. The van der Waals surface area contributed by atoms with Gasteiger partial charge in [-0.1, -0.05) is 0 Å². The summed E-state index contributed by atoms with van der Waals surface area (Å²) >= 11 is 0. The molecule has 1 fully saturated rings. The van der Waals surface area contributed by atoms with Gasteiger partial charge in [0.05, 0.1) is 6.04 Å². The number of ether oxygens (including phenoxy) is 1. The minimum absolute atomic E-state index is 0.0256. The first kappa shape index (κ1) is 14.3. The Morgan fingerprint density at radius 2 is 1.88 bits per heavy atom. The minimum atomic E-state index is -0.548. The molecular formula is C12H24N2O3. The second-order valence-electron chi connectivity index (χ2n) is 6.05. The normalized spacial score (nSPS) is 21.8. The number of nitrogens with zero attached hydrogens (tertiary/aromatic N) is 1. The first-order chi connectivity index (χ1) is 7.67. The highest BCUT2D eigenvalue weighted by atomic mass is 16.6. The molecule has 0 saturated carbocycles. The Kier molecular flexibility index (Phi) is 4.04. The molecule has 0 aromatic rings. The van der Waals surface area contributed by atoms with Crippen LogP contribution in [0.25, 0.3) is 0 Å². The van der Waals surface area contributed by atoms with Crippen molar-refractivity contribution in [2.24, 2.45) is 5.90 Å². The van der Waals surface area contributed by atoms with Gasteiger partial charge < -0.3 is 9.64 Å². The molecule has 1 atom stereocenters. The van der Waals surface area contributed by atoms with Gasteiger partial charge in [-0.25, -0.2) is 10.7 Å². The van der Waals surface area contributed by atoms with Crippen LogP contribution in [0.15, 0.2) is 0 Å². The molecule has 1 saturated heterocycles. The van der Waals surface area contributed by atoms with Crippen molar-refractivity contribution in [1.82, 2.24) is 4.90 Å². The molecule has 1 rings (SSSR count). The van der Waals surface area contributed by atoms with Crippen molar-refractivity contribution >= 4 is 6.09 Å². The smallest absolute Gasteiger partial charge is 0.410 e. The van der Waals surface area contributed by atoms with Gasteiger partial charge in [-0.15, -0.1) is 0 Å². The first-order valence-electron chi connectivity index (χ1n) is 6.05. The summed E-state index contributed by atoms with van der Waals surface area (Å²) in [5, 5.41) is 0. The van der Waals surface area contributed by atoms with Gasteiger partial charge in [-0.2, -0.15) is 0 Å². The number of nitrogens with two attached hydrogens (primary N) is 1. The zero-order valence-electron chi connectivity index (χ0n) is 11.4. The van der Waals surface area contributed by atoms with Crippen molar-refractivity contribution in [1.29, 1.82) is 0 Å². The third-order valence-electron chi connectivity index (χ3n) is 2.99. The number of carbonyl (C=O) groups excluding carboxylic acids is 1. The van der Waals surface area contributed by atoms with Crippen LogP contribution in [0.3, 0.4) is 0 Å². The highest BCUT2D eigenvalue weighted by Gasteiger charge is 2.42. The summed E-state index contributed by atoms with van der Waals surface area (Å²) in [5.41, 5.74) is -1.02. The van der Waals surface area contributed by atoms with E-state index in [9.17, 15) is 4.79 Å². The van der Waals surface area contributed by atoms with Crippen LogP contribution in [0.2, 0.25) is 0 Å². The minimum Gasteiger partial charge on any atom is -0.444 e. The fraction of sp³-hybridized carbons (Fsp3) is 0.917. The molecule has 0 bridgehead atoms. The van der Waals surface area contributed by atoms with E-state index in [1.807, 2.05) is 34.6 Å². The van der Waals surface area contributed by atoms with E-state index >= 15 is 0 Å². The van der Waals surface area contributed by atoms with Gasteiger partial charge >= 0.3 is 6.09 Å². The first-order valence-corrected chi connectivity index (χ1v) is 6.05. The van der Waals surface area contributed by atoms with Crippen molar-refractivity contribution in [2.75, 3.05) is 6.54 Å². The Labute approximate surface area is 103 Å². The molecule has 2 N–H and O–H groups in total. The Hall–Kier alpha value is -0.810. The Morgan fingerprint density at radius 3 is 2.35 bits per heavy atom. The van der Waals surface area contributed by atoms with E-state index in [4.69, 9.17) is 15.5 Å². The van der Waals surface area contributed by atoms with E-state index in [1.54, 1.807) is 4.90 Å². The standard InChI is InChI=1S/C12H24N2O3/c1-11(2,3)16-10(15)14-8-6-7-9(14)12(4,5)17-13/h9H,6-8,13H2,1-5H3. The lowest BCUT2D eigenvalue weighted by Gasteiger charge is -2.36. The molecular weight excluding hydrogens is 220 g/mol. The molecule has 100 valence electrons. The molecule has 1 heterocycles. The maximum absolute atomic E-state index is 12.0. The molecule has 0 spiro atoms. The molecule has 0 radical (unpaired) electrons. The molecule has 1 unspecified atom stereocenters.